The Labute approximate surface area is 170 Å². The van der Waals surface area contributed by atoms with Gasteiger partial charge in [0.2, 0.25) is 0 Å². The molecule has 0 aliphatic rings. The third-order valence-corrected chi connectivity index (χ3v) is 4.78. The molecule has 0 unspecified atom stereocenters. The first-order valence-electron chi connectivity index (χ1n) is 9.57. The van der Waals surface area contributed by atoms with Crippen LogP contribution in [0.1, 0.15) is 22.3 Å². The summed E-state index contributed by atoms with van der Waals surface area (Å²) >= 11 is 0. The van der Waals surface area contributed by atoms with Crippen molar-refractivity contribution in [1.82, 2.24) is 0 Å². The van der Waals surface area contributed by atoms with Gasteiger partial charge in [-0.15, -0.1) is 0 Å². The van der Waals surface area contributed by atoms with Gasteiger partial charge < -0.3 is 14.9 Å². The van der Waals surface area contributed by atoms with Gasteiger partial charge in [-0.1, -0.05) is 60.7 Å². The summed E-state index contributed by atoms with van der Waals surface area (Å²) in [5.74, 6) is 1.79. The van der Waals surface area contributed by atoms with Crippen LogP contribution >= 0.6 is 0 Å². The number of rotatable bonds is 6. The van der Waals surface area contributed by atoms with Crippen LogP contribution in [0, 0.1) is 0 Å². The van der Waals surface area contributed by atoms with E-state index in [0.29, 0.717) is 24.3 Å². The van der Waals surface area contributed by atoms with E-state index in [4.69, 9.17) is 4.74 Å². The Hall–Kier alpha value is -3.72. The summed E-state index contributed by atoms with van der Waals surface area (Å²) in [4.78, 5) is 0. The number of ether oxygens (including phenoxy) is 1. The minimum absolute atomic E-state index is 0.207. The van der Waals surface area contributed by atoms with Crippen LogP contribution in [-0.4, -0.2) is 10.2 Å². The molecule has 3 nitrogen and oxygen atoms in total. The molecule has 0 atom stereocenters. The Morgan fingerprint density at radius 2 is 0.931 bits per heavy atom. The van der Waals surface area contributed by atoms with Gasteiger partial charge in [-0.3, -0.25) is 0 Å². The lowest BCUT2D eigenvalue weighted by Crippen LogP contribution is -1.97. The minimum atomic E-state index is 0.207. The molecule has 4 aromatic rings. The molecule has 0 aromatic heterocycles. The normalized spacial score (nSPS) is 10.6. The molecule has 29 heavy (non-hydrogen) atoms. The molecule has 4 aromatic carbocycles. The quantitative estimate of drug-likeness (QED) is 0.425. The third kappa shape index (κ3) is 4.77. The molecule has 0 bridgehead atoms. The Morgan fingerprint density at radius 1 is 0.517 bits per heavy atom. The molecule has 0 spiro atoms. The molecule has 0 aliphatic heterocycles. The van der Waals surface area contributed by atoms with Crippen molar-refractivity contribution in [3.63, 3.8) is 0 Å². The highest BCUT2D eigenvalue weighted by atomic mass is 16.5. The molecule has 0 radical (unpaired) electrons. The number of phenolic OH excluding ortho intramolecular Hbond substituents is 2. The van der Waals surface area contributed by atoms with Crippen molar-refractivity contribution in [3.8, 4) is 23.0 Å². The van der Waals surface area contributed by atoms with E-state index in [9.17, 15) is 10.2 Å². The molecular weight excluding hydrogens is 360 g/mol. The second kappa shape index (κ2) is 8.53. The molecule has 4 rings (SSSR count). The van der Waals surface area contributed by atoms with Crippen LogP contribution in [0.5, 0.6) is 23.0 Å². The topological polar surface area (TPSA) is 49.7 Å². The van der Waals surface area contributed by atoms with Gasteiger partial charge in [-0.25, -0.2) is 0 Å². The first-order valence-corrected chi connectivity index (χ1v) is 9.57. The van der Waals surface area contributed by atoms with Crippen LogP contribution in [0.2, 0.25) is 0 Å². The van der Waals surface area contributed by atoms with Crippen molar-refractivity contribution >= 4 is 0 Å². The summed E-state index contributed by atoms with van der Waals surface area (Å²) in [7, 11) is 0. The maximum atomic E-state index is 9.98. The van der Waals surface area contributed by atoms with E-state index in [2.05, 4.69) is 24.3 Å². The first-order chi connectivity index (χ1) is 14.2. The highest BCUT2D eigenvalue weighted by Crippen LogP contribution is 2.34. The molecular formula is C26H22O3. The van der Waals surface area contributed by atoms with Gasteiger partial charge in [0, 0.05) is 24.0 Å². The monoisotopic (exact) mass is 382 g/mol. The average Bonchev–Trinajstić information content (AvgIpc) is 2.73. The zero-order chi connectivity index (χ0) is 20.1. The van der Waals surface area contributed by atoms with Crippen LogP contribution in [0.4, 0.5) is 0 Å². The van der Waals surface area contributed by atoms with Crippen LogP contribution in [0.15, 0.2) is 97.1 Å². The summed E-state index contributed by atoms with van der Waals surface area (Å²) in [6, 6.07) is 30.4. The van der Waals surface area contributed by atoms with E-state index in [1.54, 1.807) is 36.4 Å². The van der Waals surface area contributed by atoms with Crippen molar-refractivity contribution < 1.29 is 14.9 Å². The zero-order valence-corrected chi connectivity index (χ0v) is 16.0. The maximum absolute atomic E-state index is 9.98. The van der Waals surface area contributed by atoms with Crippen molar-refractivity contribution in [2.45, 2.75) is 12.8 Å². The van der Waals surface area contributed by atoms with Gasteiger partial charge in [0.1, 0.15) is 23.0 Å². The van der Waals surface area contributed by atoms with Gasteiger partial charge in [0.05, 0.1) is 0 Å². The molecule has 144 valence electrons. The van der Waals surface area contributed by atoms with E-state index in [0.717, 1.165) is 22.3 Å². The fraction of sp³-hybridized carbons (Fsp3) is 0.0769. The molecule has 0 amide bonds. The highest BCUT2D eigenvalue weighted by Gasteiger charge is 2.12. The van der Waals surface area contributed by atoms with Gasteiger partial charge in [0.25, 0.3) is 0 Å². The molecule has 2 N–H and O–H groups in total. The highest BCUT2D eigenvalue weighted by molar-refractivity contribution is 5.48. The zero-order valence-electron chi connectivity index (χ0n) is 16.0. The summed E-state index contributed by atoms with van der Waals surface area (Å²) in [5, 5.41) is 20.0. The Kier molecular flexibility index (Phi) is 5.48. The van der Waals surface area contributed by atoms with Gasteiger partial charge in [-0.2, -0.15) is 0 Å². The summed E-state index contributed by atoms with van der Waals surface area (Å²) in [5.41, 5.74) is 4.07. The van der Waals surface area contributed by atoms with Crippen molar-refractivity contribution in [2.24, 2.45) is 0 Å². The third-order valence-electron chi connectivity index (χ3n) is 4.78. The summed E-state index contributed by atoms with van der Waals surface area (Å²) < 4.78 is 6.27. The van der Waals surface area contributed by atoms with E-state index < -0.39 is 0 Å². The van der Waals surface area contributed by atoms with E-state index >= 15 is 0 Å². The van der Waals surface area contributed by atoms with Gasteiger partial charge >= 0.3 is 0 Å². The average molecular weight is 382 g/mol. The standard InChI is InChI=1S/C26H22O3/c27-23-11-13-25(21(17-23)15-19-7-3-1-4-8-19)29-26-14-12-24(28)18-22(26)16-20-9-5-2-6-10-20/h1-14,17-18,27-28H,15-16H2. The lowest BCUT2D eigenvalue weighted by Gasteiger charge is -2.15. The van der Waals surface area contributed by atoms with E-state index in [1.807, 2.05) is 36.4 Å². The van der Waals surface area contributed by atoms with Crippen LogP contribution in [0.25, 0.3) is 0 Å². The summed E-state index contributed by atoms with van der Waals surface area (Å²) in [6.45, 7) is 0. The smallest absolute Gasteiger partial charge is 0.131 e. The van der Waals surface area contributed by atoms with E-state index in [-0.39, 0.29) is 11.5 Å². The Bertz CT molecular complexity index is 1000. The predicted molar refractivity (Wildman–Crippen MR) is 115 cm³/mol. The SMILES string of the molecule is Oc1ccc(Oc2ccc(O)cc2Cc2ccccc2)c(Cc2ccccc2)c1. The van der Waals surface area contributed by atoms with Crippen LogP contribution in [-0.2, 0) is 12.8 Å². The molecule has 0 saturated heterocycles. The Balaban J connectivity index is 1.66. The van der Waals surface area contributed by atoms with Gasteiger partial charge in [0.15, 0.2) is 0 Å². The van der Waals surface area contributed by atoms with Crippen LogP contribution < -0.4 is 4.74 Å². The minimum Gasteiger partial charge on any atom is -0.508 e. The largest absolute Gasteiger partial charge is 0.508 e. The molecule has 0 saturated carbocycles. The lowest BCUT2D eigenvalue weighted by molar-refractivity contribution is 0.452. The number of aromatic hydroxyl groups is 2. The summed E-state index contributed by atoms with van der Waals surface area (Å²) in [6.07, 6.45) is 1.30. The second-order valence-corrected chi connectivity index (χ2v) is 7.01. The lowest BCUT2D eigenvalue weighted by atomic mass is 10.0. The number of hydrogen-bond donors (Lipinski definition) is 2. The fourth-order valence-corrected chi connectivity index (χ4v) is 3.36. The molecule has 0 heterocycles. The first kappa shape index (κ1) is 18.6. The Morgan fingerprint density at radius 3 is 1.34 bits per heavy atom. The number of phenols is 2. The van der Waals surface area contributed by atoms with Crippen molar-refractivity contribution in [1.29, 1.82) is 0 Å². The molecule has 0 aliphatic carbocycles. The maximum Gasteiger partial charge on any atom is 0.131 e. The number of hydrogen-bond acceptors (Lipinski definition) is 3. The molecule has 0 fully saturated rings. The molecule has 3 heteroatoms. The number of benzene rings is 4. The van der Waals surface area contributed by atoms with E-state index in [1.165, 1.54) is 0 Å². The predicted octanol–water partition coefficient (Wildman–Crippen LogP) is 6.07. The van der Waals surface area contributed by atoms with Crippen molar-refractivity contribution in [2.75, 3.05) is 0 Å². The second-order valence-electron chi connectivity index (χ2n) is 7.01. The van der Waals surface area contributed by atoms with Gasteiger partial charge in [-0.05, 0) is 47.5 Å². The van der Waals surface area contributed by atoms with Crippen LogP contribution in [0.3, 0.4) is 0 Å². The fourth-order valence-electron chi connectivity index (χ4n) is 3.36. The van der Waals surface area contributed by atoms with Crippen molar-refractivity contribution in [3.05, 3.63) is 119 Å².